The Labute approximate surface area is 137 Å². The van der Waals surface area contributed by atoms with Crippen LogP contribution in [-0.2, 0) is 17.9 Å². The molecule has 22 heavy (non-hydrogen) atoms. The number of thioether (sulfide) groups is 1. The first-order chi connectivity index (χ1) is 10.4. The zero-order valence-corrected chi connectivity index (χ0v) is 14.5. The average Bonchev–Trinajstić information content (AvgIpc) is 2.93. The van der Waals surface area contributed by atoms with Crippen LogP contribution in [0.15, 0.2) is 24.3 Å². The molecule has 1 aromatic carbocycles. The van der Waals surface area contributed by atoms with Gasteiger partial charge in [-0.25, -0.2) is 0 Å². The molecule has 1 saturated heterocycles. The lowest BCUT2D eigenvalue weighted by atomic mass is 10.0. The number of hydrogen-bond acceptors (Lipinski definition) is 4. The summed E-state index contributed by atoms with van der Waals surface area (Å²) in [5.74, 6) is 1.25. The maximum absolute atomic E-state index is 12.6. The van der Waals surface area contributed by atoms with Crippen LogP contribution in [0.4, 0.5) is 0 Å². The molecule has 0 bridgehead atoms. The third-order valence-corrected chi connectivity index (χ3v) is 5.14. The van der Waals surface area contributed by atoms with E-state index in [2.05, 4.69) is 29.2 Å². The first kappa shape index (κ1) is 17.3. The van der Waals surface area contributed by atoms with Crippen molar-refractivity contribution in [1.29, 1.82) is 0 Å². The highest BCUT2D eigenvalue weighted by Gasteiger charge is 2.41. The molecular weight excluding hydrogens is 296 g/mol. The third-order valence-electron chi connectivity index (χ3n) is 3.96. The van der Waals surface area contributed by atoms with Crippen molar-refractivity contribution >= 4 is 17.7 Å². The lowest BCUT2D eigenvalue weighted by Crippen LogP contribution is -2.48. The third kappa shape index (κ3) is 4.24. The number of rotatable bonds is 6. The van der Waals surface area contributed by atoms with Gasteiger partial charge in [0, 0.05) is 25.4 Å². The van der Waals surface area contributed by atoms with Gasteiger partial charge in [0.15, 0.2) is 5.60 Å². The summed E-state index contributed by atoms with van der Waals surface area (Å²) in [4.78, 5) is 16.5. The van der Waals surface area contributed by atoms with Crippen molar-refractivity contribution in [3.8, 4) is 0 Å². The van der Waals surface area contributed by atoms with Crippen LogP contribution in [0.25, 0.3) is 0 Å². The van der Waals surface area contributed by atoms with E-state index in [9.17, 15) is 9.90 Å². The monoisotopic (exact) mass is 322 g/mol. The molecule has 0 spiro atoms. The van der Waals surface area contributed by atoms with Gasteiger partial charge in [0.05, 0.1) is 0 Å². The number of carbonyl (C=O) groups is 1. The zero-order chi connectivity index (χ0) is 16.2. The molecule has 2 rings (SSSR count). The molecule has 1 aliphatic heterocycles. The van der Waals surface area contributed by atoms with E-state index in [1.807, 2.05) is 21.0 Å². The molecule has 0 saturated carbocycles. The number of likely N-dealkylation sites (N-methyl/N-ethyl adjacent to an activating group) is 1. The lowest BCUT2D eigenvalue weighted by Gasteiger charge is -2.29. The van der Waals surface area contributed by atoms with E-state index in [1.54, 1.807) is 16.7 Å². The number of nitrogens with zero attached hydrogens (tertiary/aromatic N) is 2. The maximum Gasteiger partial charge on any atom is 0.255 e. The lowest BCUT2D eigenvalue weighted by molar-refractivity contribution is -0.149. The van der Waals surface area contributed by atoms with Gasteiger partial charge in [0.1, 0.15) is 0 Å². The summed E-state index contributed by atoms with van der Waals surface area (Å²) in [5.41, 5.74) is 1.20. The van der Waals surface area contributed by atoms with Crippen LogP contribution in [0, 0.1) is 0 Å². The maximum atomic E-state index is 12.6. The Bertz CT molecular complexity index is 496. The van der Waals surface area contributed by atoms with Gasteiger partial charge in [0.25, 0.3) is 5.91 Å². The van der Waals surface area contributed by atoms with E-state index in [0.29, 0.717) is 25.3 Å². The Hall–Kier alpha value is -1.04. The quantitative estimate of drug-likeness (QED) is 0.869. The zero-order valence-electron chi connectivity index (χ0n) is 13.7. The number of benzene rings is 1. The highest BCUT2D eigenvalue weighted by molar-refractivity contribution is 7.99. The Morgan fingerprint density at radius 1 is 1.23 bits per heavy atom. The second-order valence-corrected chi connectivity index (χ2v) is 7.31. The highest BCUT2D eigenvalue weighted by atomic mass is 32.2. The van der Waals surface area contributed by atoms with Crippen molar-refractivity contribution in [2.75, 3.05) is 32.1 Å². The molecule has 1 aromatic rings. The van der Waals surface area contributed by atoms with Gasteiger partial charge in [-0.15, -0.1) is 0 Å². The van der Waals surface area contributed by atoms with Gasteiger partial charge in [-0.2, -0.15) is 11.8 Å². The van der Waals surface area contributed by atoms with E-state index in [0.717, 1.165) is 17.9 Å². The predicted molar refractivity (Wildman–Crippen MR) is 91.8 cm³/mol. The van der Waals surface area contributed by atoms with Crippen molar-refractivity contribution in [1.82, 2.24) is 9.80 Å². The van der Waals surface area contributed by atoms with Gasteiger partial charge < -0.3 is 14.9 Å². The number of amides is 1. The van der Waals surface area contributed by atoms with E-state index in [4.69, 9.17) is 0 Å². The van der Waals surface area contributed by atoms with Crippen LogP contribution in [0.2, 0.25) is 0 Å². The van der Waals surface area contributed by atoms with Gasteiger partial charge >= 0.3 is 0 Å². The standard InChI is InChI=1S/C17H26N2O2S/c1-4-19(16(20)17(21)9-10-22-13-17)12-15-7-5-14(6-8-15)11-18(2)3/h5-8,21H,4,9-13H2,1-3H3. The molecule has 5 heteroatoms. The Balaban J connectivity index is 2.02. The Morgan fingerprint density at radius 3 is 2.27 bits per heavy atom. The summed E-state index contributed by atoms with van der Waals surface area (Å²) >= 11 is 1.65. The Morgan fingerprint density at radius 2 is 1.82 bits per heavy atom. The van der Waals surface area contributed by atoms with Crippen LogP contribution in [0.3, 0.4) is 0 Å². The van der Waals surface area contributed by atoms with Crippen LogP contribution in [0.1, 0.15) is 24.5 Å². The minimum Gasteiger partial charge on any atom is -0.379 e. The topological polar surface area (TPSA) is 43.8 Å². The number of aliphatic hydroxyl groups is 1. The van der Waals surface area contributed by atoms with Gasteiger partial charge in [0.2, 0.25) is 0 Å². The molecule has 0 aliphatic carbocycles. The van der Waals surface area contributed by atoms with Crippen LogP contribution in [-0.4, -0.2) is 58.6 Å². The summed E-state index contributed by atoms with van der Waals surface area (Å²) in [7, 11) is 4.09. The Kier molecular flexibility index (Phi) is 5.89. The minimum absolute atomic E-state index is 0.127. The summed E-state index contributed by atoms with van der Waals surface area (Å²) in [6.07, 6.45) is 0.564. The van der Waals surface area contributed by atoms with Crippen molar-refractivity contribution in [3.05, 3.63) is 35.4 Å². The van der Waals surface area contributed by atoms with Crippen molar-refractivity contribution in [2.45, 2.75) is 32.0 Å². The molecule has 1 N–H and O–H groups in total. The SMILES string of the molecule is CCN(Cc1ccc(CN(C)C)cc1)C(=O)C1(O)CCSC1. The molecule has 1 unspecified atom stereocenters. The fourth-order valence-corrected chi connectivity index (χ4v) is 3.91. The van der Waals surface area contributed by atoms with Gasteiger partial charge in [-0.05, 0) is 44.3 Å². The second kappa shape index (κ2) is 7.49. The molecule has 1 aliphatic rings. The van der Waals surface area contributed by atoms with Crippen molar-refractivity contribution < 1.29 is 9.90 Å². The fourth-order valence-electron chi connectivity index (χ4n) is 2.68. The second-order valence-electron chi connectivity index (χ2n) is 6.21. The van der Waals surface area contributed by atoms with E-state index in [1.165, 1.54) is 5.56 Å². The molecule has 1 amide bonds. The summed E-state index contributed by atoms with van der Waals surface area (Å²) in [6.45, 7) is 4.05. The molecule has 1 heterocycles. The fraction of sp³-hybridized carbons (Fsp3) is 0.588. The number of hydrogen-bond donors (Lipinski definition) is 1. The summed E-state index contributed by atoms with van der Waals surface area (Å²) < 4.78 is 0. The normalized spacial score (nSPS) is 21.3. The number of carbonyl (C=O) groups excluding carboxylic acids is 1. The predicted octanol–water partition coefficient (Wildman–Crippen LogP) is 1.96. The molecule has 0 radical (unpaired) electrons. The van der Waals surface area contributed by atoms with Crippen molar-refractivity contribution in [3.63, 3.8) is 0 Å². The molecule has 1 fully saturated rings. The van der Waals surface area contributed by atoms with Crippen molar-refractivity contribution in [2.24, 2.45) is 0 Å². The summed E-state index contributed by atoms with van der Waals surface area (Å²) in [6, 6.07) is 8.35. The van der Waals surface area contributed by atoms with Gasteiger partial charge in [-0.1, -0.05) is 24.3 Å². The molecule has 0 aromatic heterocycles. The molecular formula is C17H26N2O2S. The van der Waals surface area contributed by atoms with Gasteiger partial charge in [-0.3, -0.25) is 4.79 Å². The first-order valence-corrected chi connectivity index (χ1v) is 8.92. The molecule has 4 nitrogen and oxygen atoms in total. The van der Waals surface area contributed by atoms with Crippen LogP contribution < -0.4 is 0 Å². The first-order valence-electron chi connectivity index (χ1n) is 7.76. The van der Waals surface area contributed by atoms with Crippen LogP contribution in [0.5, 0.6) is 0 Å². The van der Waals surface area contributed by atoms with E-state index in [-0.39, 0.29) is 5.91 Å². The summed E-state index contributed by atoms with van der Waals surface area (Å²) in [5, 5.41) is 10.5. The minimum atomic E-state index is -1.16. The largest absolute Gasteiger partial charge is 0.379 e. The van der Waals surface area contributed by atoms with E-state index >= 15 is 0 Å². The van der Waals surface area contributed by atoms with Crippen LogP contribution >= 0.6 is 11.8 Å². The van der Waals surface area contributed by atoms with E-state index < -0.39 is 5.60 Å². The average molecular weight is 322 g/mol. The highest BCUT2D eigenvalue weighted by Crippen LogP contribution is 2.30. The molecule has 122 valence electrons. The molecule has 1 atom stereocenters. The smallest absolute Gasteiger partial charge is 0.255 e.